The molecular formula is C24H30O3. The zero-order valence-corrected chi connectivity index (χ0v) is 16.5. The summed E-state index contributed by atoms with van der Waals surface area (Å²) < 4.78 is 6.22. The number of ether oxygens (including phenoxy) is 1. The van der Waals surface area contributed by atoms with E-state index in [9.17, 15) is 9.59 Å². The molecule has 1 saturated heterocycles. The third-order valence-electron chi connectivity index (χ3n) is 10.9. The van der Waals surface area contributed by atoms with E-state index in [1.807, 2.05) is 0 Å². The molecule has 6 unspecified atom stereocenters. The van der Waals surface area contributed by atoms with E-state index in [0.717, 1.165) is 48.9 Å². The summed E-state index contributed by atoms with van der Waals surface area (Å²) in [6, 6.07) is 0. The molecule has 0 aromatic rings. The second kappa shape index (κ2) is 4.39. The van der Waals surface area contributed by atoms with Crippen LogP contribution < -0.4 is 0 Å². The van der Waals surface area contributed by atoms with Crippen LogP contribution in [0.4, 0.5) is 0 Å². The minimum Gasteiger partial charge on any atom is -0.458 e. The van der Waals surface area contributed by atoms with Crippen LogP contribution in [0, 0.1) is 52.3 Å². The van der Waals surface area contributed by atoms with Crippen molar-refractivity contribution < 1.29 is 14.3 Å². The summed E-state index contributed by atoms with van der Waals surface area (Å²) >= 11 is 0. The first-order chi connectivity index (χ1) is 12.9. The zero-order chi connectivity index (χ0) is 18.3. The van der Waals surface area contributed by atoms with Crippen LogP contribution in [0.3, 0.4) is 0 Å². The minimum atomic E-state index is -0.131. The molecule has 6 fully saturated rings. The first-order valence-corrected chi connectivity index (χ1v) is 11.4. The van der Waals surface area contributed by atoms with Gasteiger partial charge in [0.25, 0.3) is 0 Å². The first kappa shape index (κ1) is 15.8. The number of carbonyl (C=O) groups is 2. The zero-order valence-electron chi connectivity index (χ0n) is 16.5. The van der Waals surface area contributed by atoms with E-state index in [0.29, 0.717) is 24.0 Å². The lowest BCUT2D eigenvalue weighted by molar-refractivity contribution is -0.177. The molecule has 1 spiro atoms. The Bertz CT molecular complexity index is 827. The Kier molecular flexibility index (Phi) is 2.56. The largest absolute Gasteiger partial charge is 0.458 e. The number of rotatable bonds is 0. The third kappa shape index (κ3) is 1.58. The summed E-state index contributed by atoms with van der Waals surface area (Å²) in [7, 11) is 0. The molecule has 0 aromatic heterocycles. The average Bonchev–Trinajstić information content (AvgIpc) is 3.53. The lowest BCUT2D eigenvalue weighted by atomic mass is 9.45. The van der Waals surface area contributed by atoms with Gasteiger partial charge in [-0.3, -0.25) is 9.59 Å². The van der Waals surface area contributed by atoms with Gasteiger partial charge in [0.15, 0.2) is 5.78 Å². The molecule has 0 radical (unpaired) electrons. The van der Waals surface area contributed by atoms with Crippen LogP contribution in [0.2, 0.25) is 0 Å². The summed E-state index contributed by atoms with van der Waals surface area (Å²) in [6.07, 6.45) is 10.6. The van der Waals surface area contributed by atoms with Gasteiger partial charge in [-0.1, -0.05) is 19.4 Å². The van der Waals surface area contributed by atoms with E-state index in [2.05, 4.69) is 19.9 Å². The summed E-state index contributed by atoms with van der Waals surface area (Å²) in [5, 5.41) is 0. The molecule has 5 saturated carbocycles. The first-order valence-electron chi connectivity index (χ1n) is 11.4. The summed E-state index contributed by atoms with van der Waals surface area (Å²) in [4.78, 5) is 24.3. The second-order valence-corrected chi connectivity index (χ2v) is 11.5. The number of ketones is 1. The molecule has 144 valence electrons. The topological polar surface area (TPSA) is 43.4 Å². The van der Waals surface area contributed by atoms with Crippen LogP contribution >= 0.6 is 0 Å². The van der Waals surface area contributed by atoms with Crippen molar-refractivity contribution in [1.29, 1.82) is 0 Å². The van der Waals surface area contributed by atoms with Gasteiger partial charge in [0, 0.05) is 24.2 Å². The molecule has 27 heavy (non-hydrogen) atoms. The molecule has 0 N–H and O–H groups in total. The monoisotopic (exact) mass is 366 g/mol. The van der Waals surface area contributed by atoms with Crippen LogP contribution in [-0.4, -0.2) is 17.4 Å². The molecule has 7 rings (SSSR count). The van der Waals surface area contributed by atoms with E-state index in [4.69, 9.17) is 4.74 Å². The van der Waals surface area contributed by atoms with Gasteiger partial charge in [0.2, 0.25) is 0 Å². The summed E-state index contributed by atoms with van der Waals surface area (Å²) in [6.45, 7) is 4.99. The van der Waals surface area contributed by atoms with E-state index in [1.54, 1.807) is 0 Å². The normalized spacial score (nSPS) is 62.0. The standard InChI is InChI=1S/C24H30O3/c1-22-6-3-12(25)9-17(22)13-10-14(13)20-16(22)4-7-23(2)21(20)15-11-18(15)24(23)8-5-19(26)27-24/h9,13-16,18,20-21H,3-8,10-11H2,1-2H3/t13-,14+,15?,16?,18+,20?,21?,22?,23?,24+/m1/s1. The molecule has 1 aliphatic heterocycles. The fourth-order valence-electron chi connectivity index (χ4n) is 9.74. The number of hydrogen-bond acceptors (Lipinski definition) is 3. The third-order valence-corrected chi connectivity index (χ3v) is 10.9. The Morgan fingerprint density at radius 3 is 2.63 bits per heavy atom. The van der Waals surface area contributed by atoms with Gasteiger partial charge in [0.1, 0.15) is 5.60 Å². The van der Waals surface area contributed by atoms with Crippen molar-refractivity contribution >= 4 is 11.8 Å². The quantitative estimate of drug-likeness (QED) is 0.600. The molecule has 7 aliphatic rings. The van der Waals surface area contributed by atoms with Crippen molar-refractivity contribution in [2.24, 2.45) is 52.3 Å². The summed E-state index contributed by atoms with van der Waals surface area (Å²) in [5.41, 5.74) is 1.85. The molecule has 1 heterocycles. The van der Waals surface area contributed by atoms with Gasteiger partial charge < -0.3 is 4.74 Å². The number of fused-ring (bicyclic) bond motifs is 12. The number of allylic oxidation sites excluding steroid dienone is 1. The van der Waals surface area contributed by atoms with Crippen molar-refractivity contribution in [3.63, 3.8) is 0 Å². The maximum absolute atomic E-state index is 12.2. The highest BCUT2D eigenvalue weighted by Gasteiger charge is 2.81. The molecule has 3 heteroatoms. The smallest absolute Gasteiger partial charge is 0.306 e. The van der Waals surface area contributed by atoms with Gasteiger partial charge in [0.05, 0.1) is 0 Å². The van der Waals surface area contributed by atoms with Gasteiger partial charge in [-0.15, -0.1) is 0 Å². The minimum absolute atomic E-state index is 0.0561. The average molecular weight is 367 g/mol. The maximum Gasteiger partial charge on any atom is 0.306 e. The van der Waals surface area contributed by atoms with Gasteiger partial charge in [-0.25, -0.2) is 0 Å². The Hall–Kier alpha value is -1.12. The van der Waals surface area contributed by atoms with E-state index in [1.165, 1.54) is 31.3 Å². The van der Waals surface area contributed by atoms with Crippen LogP contribution in [0.1, 0.15) is 65.2 Å². The van der Waals surface area contributed by atoms with E-state index >= 15 is 0 Å². The fraction of sp³-hybridized carbons (Fsp3) is 0.833. The Labute approximate surface area is 161 Å². The van der Waals surface area contributed by atoms with Crippen LogP contribution in [0.5, 0.6) is 0 Å². The van der Waals surface area contributed by atoms with Gasteiger partial charge in [-0.2, -0.15) is 0 Å². The fourth-order valence-corrected chi connectivity index (χ4v) is 9.74. The molecule has 10 atom stereocenters. The van der Waals surface area contributed by atoms with Crippen molar-refractivity contribution in [3.8, 4) is 0 Å². The molecule has 6 aliphatic carbocycles. The molecule has 3 nitrogen and oxygen atoms in total. The lowest BCUT2D eigenvalue weighted by Gasteiger charge is -2.60. The van der Waals surface area contributed by atoms with Crippen LogP contribution in [0.25, 0.3) is 0 Å². The molecule has 0 amide bonds. The Balaban J connectivity index is 1.33. The predicted molar refractivity (Wildman–Crippen MR) is 99.5 cm³/mol. The van der Waals surface area contributed by atoms with Gasteiger partial charge >= 0.3 is 5.97 Å². The number of hydrogen-bond donors (Lipinski definition) is 0. The second-order valence-electron chi connectivity index (χ2n) is 11.5. The van der Waals surface area contributed by atoms with E-state index < -0.39 is 0 Å². The molecule has 0 bridgehead atoms. The van der Waals surface area contributed by atoms with Crippen molar-refractivity contribution in [2.45, 2.75) is 70.8 Å². The number of carbonyl (C=O) groups excluding carboxylic acids is 2. The maximum atomic E-state index is 12.2. The highest BCUT2D eigenvalue weighted by molar-refractivity contribution is 5.92. The predicted octanol–water partition coefficient (Wildman–Crippen LogP) is 4.31. The van der Waals surface area contributed by atoms with Crippen LogP contribution in [-0.2, 0) is 14.3 Å². The Morgan fingerprint density at radius 2 is 1.85 bits per heavy atom. The van der Waals surface area contributed by atoms with Crippen molar-refractivity contribution in [1.82, 2.24) is 0 Å². The van der Waals surface area contributed by atoms with Crippen LogP contribution in [0.15, 0.2) is 11.6 Å². The van der Waals surface area contributed by atoms with Crippen molar-refractivity contribution in [2.75, 3.05) is 0 Å². The van der Waals surface area contributed by atoms with E-state index in [-0.39, 0.29) is 22.4 Å². The highest BCUT2D eigenvalue weighted by Crippen LogP contribution is 2.82. The summed E-state index contributed by atoms with van der Waals surface area (Å²) in [5.74, 6) is 5.65. The Morgan fingerprint density at radius 1 is 1.00 bits per heavy atom. The van der Waals surface area contributed by atoms with Gasteiger partial charge in [-0.05, 0) is 85.5 Å². The number of esters is 1. The molecular weight excluding hydrogens is 336 g/mol. The highest BCUT2D eigenvalue weighted by atomic mass is 16.6. The van der Waals surface area contributed by atoms with Crippen molar-refractivity contribution in [3.05, 3.63) is 11.6 Å². The lowest BCUT2D eigenvalue weighted by Crippen LogP contribution is -2.57. The SMILES string of the molecule is CC12CCC(=O)C=C1[C@@H]1C[C@@H]1C1C2CCC2(C)C1C1C[C@@H]1[C@@]21CCC(=O)O1. The molecule has 0 aromatic carbocycles.